The predicted molar refractivity (Wildman–Crippen MR) is 115 cm³/mol. The summed E-state index contributed by atoms with van der Waals surface area (Å²) < 4.78 is 21.1. The summed E-state index contributed by atoms with van der Waals surface area (Å²) in [5.74, 6) is 0.881. The first-order valence-electron chi connectivity index (χ1n) is 9.15. The summed E-state index contributed by atoms with van der Waals surface area (Å²) in [4.78, 5) is 24.8. The maximum Gasteiger partial charge on any atom is 0.221 e. The van der Waals surface area contributed by atoms with E-state index in [2.05, 4.69) is 0 Å². The Labute approximate surface area is 175 Å². The molecule has 0 N–H and O–H groups in total. The van der Waals surface area contributed by atoms with Crippen molar-refractivity contribution >= 4 is 29.3 Å². The molecular formula is C24H22O6. The Morgan fingerprint density at radius 3 is 1.80 bits per heavy atom. The molecule has 0 atom stereocenters. The SMILES string of the molecule is COC1=CC(=O)C(c2c(OC)cc(/C=C/c3ccc(OC)cc3)cc2OC)=CC1=O. The quantitative estimate of drug-likeness (QED) is 0.512. The van der Waals surface area contributed by atoms with E-state index in [4.69, 9.17) is 18.9 Å². The summed E-state index contributed by atoms with van der Waals surface area (Å²) in [5.41, 5.74) is 2.42. The number of ether oxygens (including phenoxy) is 4. The highest BCUT2D eigenvalue weighted by atomic mass is 16.5. The summed E-state index contributed by atoms with van der Waals surface area (Å²) in [6.45, 7) is 0. The molecule has 0 heterocycles. The summed E-state index contributed by atoms with van der Waals surface area (Å²) >= 11 is 0. The zero-order chi connectivity index (χ0) is 21.7. The molecule has 1 aliphatic rings. The molecule has 0 radical (unpaired) electrons. The smallest absolute Gasteiger partial charge is 0.221 e. The lowest BCUT2D eigenvalue weighted by Gasteiger charge is -2.18. The molecule has 2 aromatic rings. The fourth-order valence-corrected chi connectivity index (χ4v) is 3.10. The van der Waals surface area contributed by atoms with E-state index in [0.29, 0.717) is 17.1 Å². The van der Waals surface area contributed by atoms with Gasteiger partial charge in [-0.15, -0.1) is 0 Å². The largest absolute Gasteiger partial charge is 0.497 e. The van der Waals surface area contributed by atoms with Crippen molar-refractivity contribution in [2.24, 2.45) is 0 Å². The van der Waals surface area contributed by atoms with Crippen molar-refractivity contribution in [1.82, 2.24) is 0 Å². The van der Waals surface area contributed by atoms with Gasteiger partial charge in [0.15, 0.2) is 11.5 Å². The maximum atomic E-state index is 12.6. The van der Waals surface area contributed by atoms with Gasteiger partial charge in [0.2, 0.25) is 5.78 Å². The van der Waals surface area contributed by atoms with Gasteiger partial charge < -0.3 is 18.9 Å². The molecule has 2 aromatic carbocycles. The Hall–Kier alpha value is -3.80. The van der Waals surface area contributed by atoms with Gasteiger partial charge in [-0.3, -0.25) is 9.59 Å². The Morgan fingerprint density at radius 2 is 1.27 bits per heavy atom. The second kappa shape index (κ2) is 9.13. The lowest BCUT2D eigenvalue weighted by Crippen LogP contribution is -2.14. The number of ketones is 2. The fraction of sp³-hybridized carbons (Fsp3) is 0.167. The number of benzene rings is 2. The average Bonchev–Trinajstić information content (AvgIpc) is 2.78. The van der Waals surface area contributed by atoms with Gasteiger partial charge in [-0.25, -0.2) is 0 Å². The molecule has 0 aliphatic heterocycles. The van der Waals surface area contributed by atoms with E-state index in [-0.39, 0.29) is 22.9 Å². The predicted octanol–water partition coefficient (Wildman–Crippen LogP) is 3.95. The van der Waals surface area contributed by atoms with Crippen molar-refractivity contribution in [1.29, 1.82) is 0 Å². The van der Waals surface area contributed by atoms with Gasteiger partial charge in [-0.1, -0.05) is 24.3 Å². The van der Waals surface area contributed by atoms with E-state index < -0.39 is 0 Å². The van der Waals surface area contributed by atoms with Crippen LogP contribution in [0, 0.1) is 0 Å². The van der Waals surface area contributed by atoms with Crippen molar-refractivity contribution in [2.75, 3.05) is 28.4 Å². The molecule has 0 bridgehead atoms. The topological polar surface area (TPSA) is 71.1 Å². The van der Waals surface area contributed by atoms with Crippen LogP contribution in [0.2, 0.25) is 0 Å². The monoisotopic (exact) mass is 406 g/mol. The van der Waals surface area contributed by atoms with Crippen LogP contribution in [0.1, 0.15) is 16.7 Å². The first-order chi connectivity index (χ1) is 14.5. The molecule has 1 aliphatic carbocycles. The maximum absolute atomic E-state index is 12.6. The van der Waals surface area contributed by atoms with Crippen LogP contribution in [0.15, 0.2) is 54.3 Å². The Morgan fingerprint density at radius 1 is 0.667 bits per heavy atom. The van der Waals surface area contributed by atoms with Crippen LogP contribution in [0.3, 0.4) is 0 Å². The second-order valence-corrected chi connectivity index (χ2v) is 6.41. The molecule has 0 amide bonds. The average molecular weight is 406 g/mol. The van der Waals surface area contributed by atoms with Gasteiger partial charge in [-0.05, 0) is 35.4 Å². The molecule has 0 saturated carbocycles. The number of allylic oxidation sites excluding steroid dienone is 3. The van der Waals surface area contributed by atoms with Crippen molar-refractivity contribution in [3.8, 4) is 17.2 Å². The highest BCUT2D eigenvalue weighted by molar-refractivity contribution is 6.35. The fourth-order valence-electron chi connectivity index (χ4n) is 3.10. The summed E-state index contributed by atoms with van der Waals surface area (Å²) in [6, 6.07) is 11.2. The summed E-state index contributed by atoms with van der Waals surface area (Å²) in [6.07, 6.45) is 6.26. The van der Waals surface area contributed by atoms with Crippen LogP contribution in [0.4, 0.5) is 0 Å². The number of hydrogen-bond acceptors (Lipinski definition) is 6. The van der Waals surface area contributed by atoms with Crippen molar-refractivity contribution in [3.05, 3.63) is 71.0 Å². The zero-order valence-electron chi connectivity index (χ0n) is 17.2. The minimum absolute atomic E-state index is 0.000675. The van der Waals surface area contributed by atoms with Gasteiger partial charge in [0, 0.05) is 17.7 Å². The molecule has 6 heteroatoms. The normalized spacial score (nSPS) is 13.7. The molecule has 30 heavy (non-hydrogen) atoms. The van der Waals surface area contributed by atoms with E-state index in [1.54, 1.807) is 19.2 Å². The van der Waals surface area contributed by atoms with Gasteiger partial charge in [0.25, 0.3) is 0 Å². The molecule has 0 fully saturated rings. The summed E-state index contributed by atoms with van der Waals surface area (Å²) in [5, 5.41) is 0. The Balaban J connectivity index is 2.00. The second-order valence-electron chi connectivity index (χ2n) is 6.41. The van der Waals surface area contributed by atoms with Crippen LogP contribution in [-0.2, 0) is 14.3 Å². The van der Waals surface area contributed by atoms with Gasteiger partial charge >= 0.3 is 0 Å². The van der Waals surface area contributed by atoms with Gasteiger partial charge in [0.05, 0.1) is 34.0 Å². The van der Waals surface area contributed by atoms with Crippen LogP contribution in [0.5, 0.6) is 17.2 Å². The lowest BCUT2D eigenvalue weighted by molar-refractivity contribution is -0.116. The first kappa shape index (κ1) is 20.9. The first-order valence-corrected chi connectivity index (χ1v) is 9.15. The molecular weight excluding hydrogens is 384 g/mol. The highest BCUT2D eigenvalue weighted by Crippen LogP contribution is 2.38. The van der Waals surface area contributed by atoms with Gasteiger partial charge in [-0.2, -0.15) is 0 Å². The van der Waals surface area contributed by atoms with Gasteiger partial charge in [0.1, 0.15) is 17.2 Å². The lowest BCUT2D eigenvalue weighted by atomic mass is 9.92. The minimum atomic E-state index is -0.389. The highest BCUT2D eigenvalue weighted by Gasteiger charge is 2.27. The van der Waals surface area contributed by atoms with E-state index in [1.165, 1.54) is 33.5 Å². The standard InChI is InChI=1S/C24H22O6/c1-27-17-9-7-15(8-10-17)5-6-16-11-22(29-3)24(23(12-16)30-4)18-13-20(26)21(28-2)14-19(18)25/h5-14H,1-4H3/b6-5+. The third-order valence-corrected chi connectivity index (χ3v) is 4.65. The molecule has 0 spiro atoms. The number of hydrogen-bond donors (Lipinski definition) is 0. The zero-order valence-corrected chi connectivity index (χ0v) is 17.2. The van der Waals surface area contributed by atoms with Crippen molar-refractivity contribution < 1.29 is 28.5 Å². The number of methoxy groups -OCH3 is 4. The van der Waals surface area contributed by atoms with E-state index in [9.17, 15) is 9.59 Å². The van der Waals surface area contributed by atoms with E-state index >= 15 is 0 Å². The molecule has 0 saturated heterocycles. The van der Waals surface area contributed by atoms with Crippen molar-refractivity contribution in [2.45, 2.75) is 0 Å². The minimum Gasteiger partial charge on any atom is -0.497 e. The van der Waals surface area contributed by atoms with E-state index in [1.807, 2.05) is 36.4 Å². The van der Waals surface area contributed by atoms with Crippen molar-refractivity contribution in [3.63, 3.8) is 0 Å². The Bertz CT molecular complexity index is 1030. The van der Waals surface area contributed by atoms with Crippen LogP contribution in [-0.4, -0.2) is 40.0 Å². The molecule has 0 unspecified atom stereocenters. The molecule has 3 rings (SSSR count). The summed E-state index contributed by atoms with van der Waals surface area (Å²) in [7, 11) is 5.97. The van der Waals surface area contributed by atoms with Crippen LogP contribution in [0.25, 0.3) is 17.7 Å². The number of rotatable bonds is 7. The van der Waals surface area contributed by atoms with Crippen LogP contribution >= 0.6 is 0 Å². The molecule has 6 nitrogen and oxygen atoms in total. The number of carbonyl (C=O) groups excluding carboxylic acids is 2. The molecule has 154 valence electrons. The number of carbonyl (C=O) groups is 2. The molecule has 0 aromatic heterocycles. The van der Waals surface area contributed by atoms with E-state index in [0.717, 1.165) is 16.9 Å². The Kier molecular flexibility index (Phi) is 6.37. The van der Waals surface area contributed by atoms with Crippen LogP contribution < -0.4 is 14.2 Å². The third kappa shape index (κ3) is 4.27. The third-order valence-electron chi connectivity index (χ3n) is 4.65.